The van der Waals surface area contributed by atoms with Crippen molar-refractivity contribution in [1.82, 2.24) is 4.90 Å². The number of hydrogen-bond acceptors (Lipinski definition) is 2. The van der Waals surface area contributed by atoms with Crippen LogP contribution < -0.4 is 0 Å². The Hall–Kier alpha value is -1.06. The van der Waals surface area contributed by atoms with Crippen molar-refractivity contribution in [3.8, 4) is 0 Å². The fraction of sp³-hybridized carbons (Fsp3) is 0.882. The fourth-order valence-corrected chi connectivity index (χ4v) is 3.31. The summed E-state index contributed by atoms with van der Waals surface area (Å²) in [5.74, 6) is -0.598. The second kappa shape index (κ2) is 9.80. The highest BCUT2D eigenvalue weighted by atomic mass is 16.4. The second-order valence-electron chi connectivity index (χ2n) is 6.19. The molecular weight excluding hydrogens is 266 g/mol. The van der Waals surface area contributed by atoms with Crippen LogP contribution in [-0.4, -0.2) is 34.5 Å². The van der Waals surface area contributed by atoms with Gasteiger partial charge in [-0.15, -0.1) is 0 Å². The van der Waals surface area contributed by atoms with E-state index >= 15 is 0 Å². The van der Waals surface area contributed by atoms with E-state index in [0.717, 1.165) is 38.5 Å². The van der Waals surface area contributed by atoms with E-state index in [9.17, 15) is 9.59 Å². The minimum Gasteiger partial charge on any atom is -0.481 e. The lowest BCUT2D eigenvalue weighted by Crippen LogP contribution is -2.44. The van der Waals surface area contributed by atoms with E-state index in [1.165, 1.54) is 19.3 Å². The average molecular weight is 297 g/mol. The molecular formula is C17H31NO3. The third-order valence-electron chi connectivity index (χ3n) is 4.70. The maximum absolute atomic E-state index is 12.7. The minimum absolute atomic E-state index is 0.0456. The molecule has 1 N–H and O–H groups in total. The molecule has 0 saturated heterocycles. The summed E-state index contributed by atoms with van der Waals surface area (Å²) in [4.78, 5) is 25.6. The van der Waals surface area contributed by atoms with Crippen LogP contribution in [0.4, 0.5) is 0 Å². The molecule has 0 radical (unpaired) electrons. The largest absolute Gasteiger partial charge is 0.481 e. The Bertz CT molecular complexity index is 318. The third-order valence-corrected chi connectivity index (χ3v) is 4.70. The molecule has 21 heavy (non-hydrogen) atoms. The van der Waals surface area contributed by atoms with Crippen LogP contribution >= 0.6 is 0 Å². The molecule has 1 rings (SSSR count). The number of amides is 1. The zero-order valence-electron chi connectivity index (χ0n) is 13.6. The maximum atomic E-state index is 12.7. The van der Waals surface area contributed by atoms with Crippen molar-refractivity contribution in [1.29, 1.82) is 0 Å². The first-order valence-corrected chi connectivity index (χ1v) is 8.62. The molecule has 0 spiro atoms. The van der Waals surface area contributed by atoms with Gasteiger partial charge in [0.05, 0.1) is 6.42 Å². The molecule has 1 saturated carbocycles. The lowest BCUT2D eigenvalue weighted by Gasteiger charge is -2.35. The van der Waals surface area contributed by atoms with Gasteiger partial charge in [-0.3, -0.25) is 9.59 Å². The van der Waals surface area contributed by atoms with Gasteiger partial charge in [0, 0.05) is 18.5 Å². The SMILES string of the molecule is CCC(CC)C(=O)N(CCC(=O)O)C1CCCCCCC1. The first-order chi connectivity index (χ1) is 10.1. The number of carbonyl (C=O) groups is 2. The van der Waals surface area contributed by atoms with E-state index in [0.29, 0.717) is 6.54 Å². The quantitative estimate of drug-likeness (QED) is 0.776. The van der Waals surface area contributed by atoms with Crippen LogP contribution in [0.25, 0.3) is 0 Å². The lowest BCUT2D eigenvalue weighted by atomic mass is 9.93. The molecule has 1 aliphatic carbocycles. The first kappa shape index (κ1) is 18.0. The van der Waals surface area contributed by atoms with Crippen molar-refractivity contribution in [2.75, 3.05) is 6.54 Å². The van der Waals surface area contributed by atoms with Gasteiger partial charge >= 0.3 is 5.97 Å². The zero-order chi connectivity index (χ0) is 15.7. The van der Waals surface area contributed by atoms with E-state index in [1.54, 1.807) is 0 Å². The summed E-state index contributed by atoms with van der Waals surface area (Å²) in [5.41, 5.74) is 0. The summed E-state index contributed by atoms with van der Waals surface area (Å²) in [5, 5.41) is 8.96. The Morgan fingerprint density at radius 3 is 2.05 bits per heavy atom. The monoisotopic (exact) mass is 297 g/mol. The Balaban J connectivity index is 2.77. The van der Waals surface area contributed by atoms with E-state index in [1.807, 2.05) is 18.7 Å². The van der Waals surface area contributed by atoms with Gasteiger partial charge in [-0.25, -0.2) is 0 Å². The molecule has 0 aromatic rings. The summed E-state index contributed by atoms with van der Waals surface area (Å²) >= 11 is 0. The number of carboxylic acid groups (broad SMARTS) is 1. The normalized spacial score (nSPS) is 17.3. The summed E-state index contributed by atoms with van der Waals surface area (Å²) in [6.07, 6.45) is 9.89. The van der Waals surface area contributed by atoms with Gasteiger partial charge in [-0.05, 0) is 25.7 Å². The Morgan fingerprint density at radius 2 is 1.57 bits per heavy atom. The molecule has 1 amide bonds. The molecule has 0 bridgehead atoms. The molecule has 0 aromatic carbocycles. The smallest absolute Gasteiger partial charge is 0.305 e. The van der Waals surface area contributed by atoms with Crippen LogP contribution in [0.2, 0.25) is 0 Å². The van der Waals surface area contributed by atoms with Gasteiger partial charge in [-0.2, -0.15) is 0 Å². The van der Waals surface area contributed by atoms with Gasteiger partial charge in [0.15, 0.2) is 0 Å². The number of carbonyl (C=O) groups excluding carboxylic acids is 1. The average Bonchev–Trinajstić information content (AvgIpc) is 2.41. The molecule has 0 aliphatic heterocycles. The molecule has 0 aromatic heterocycles. The highest BCUT2D eigenvalue weighted by Gasteiger charge is 2.28. The maximum Gasteiger partial charge on any atom is 0.305 e. The van der Waals surface area contributed by atoms with Gasteiger partial charge in [0.1, 0.15) is 0 Å². The topological polar surface area (TPSA) is 57.6 Å². The van der Waals surface area contributed by atoms with Crippen LogP contribution in [0.15, 0.2) is 0 Å². The van der Waals surface area contributed by atoms with Crippen molar-refractivity contribution < 1.29 is 14.7 Å². The van der Waals surface area contributed by atoms with Crippen molar-refractivity contribution in [3.05, 3.63) is 0 Å². The minimum atomic E-state index is -0.816. The Morgan fingerprint density at radius 1 is 1.05 bits per heavy atom. The van der Waals surface area contributed by atoms with Crippen molar-refractivity contribution in [2.45, 2.75) is 84.1 Å². The number of carboxylic acids is 1. The third kappa shape index (κ3) is 6.06. The molecule has 1 fully saturated rings. The van der Waals surface area contributed by atoms with Crippen molar-refractivity contribution in [3.63, 3.8) is 0 Å². The molecule has 0 atom stereocenters. The van der Waals surface area contributed by atoms with E-state index in [4.69, 9.17) is 5.11 Å². The van der Waals surface area contributed by atoms with Gasteiger partial charge < -0.3 is 10.0 Å². The number of hydrogen-bond donors (Lipinski definition) is 1. The van der Waals surface area contributed by atoms with Crippen LogP contribution in [0.5, 0.6) is 0 Å². The summed E-state index contributed by atoms with van der Waals surface area (Å²) < 4.78 is 0. The first-order valence-electron chi connectivity index (χ1n) is 8.62. The number of aliphatic carboxylic acids is 1. The second-order valence-corrected chi connectivity index (χ2v) is 6.19. The summed E-state index contributed by atoms with van der Waals surface area (Å²) in [7, 11) is 0. The predicted octanol–water partition coefficient (Wildman–Crippen LogP) is 3.84. The molecule has 4 nitrogen and oxygen atoms in total. The summed E-state index contributed by atoms with van der Waals surface area (Å²) in [6.45, 7) is 4.45. The van der Waals surface area contributed by atoms with Gasteiger partial charge in [0.25, 0.3) is 0 Å². The van der Waals surface area contributed by atoms with E-state index in [2.05, 4.69) is 0 Å². The van der Waals surface area contributed by atoms with Gasteiger partial charge in [0.2, 0.25) is 5.91 Å². The van der Waals surface area contributed by atoms with Gasteiger partial charge in [-0.1, -0.05) is 46.0 Å². The summed E-state index contributed by atoms with van der Waals surface area (Å²) in [6, 6.07) is 0.248. The zero-order valence-corrected chi connectivity index (χ0v) is 13.6. The lowest BCUT2D eigenvalue weighted by molar-refractivity contribution is -0.141. The molecule has 122 valence electrons. The van der Waals surface area contributed by atoms with Crippen molar-refractivity contribution in [2.24, 2.45) is 5.92 Å². The molecule has 4 heteroatoms. The van der Waals surface area contributed by atoms with Crippen LogP contribution in [0.3, 0.4) is 0 Å². The predicted molar refractivity (Wildman–Crippen MR) is 84.1 cm³/mol. The molecule has 0 unspecified atom stereocenters. The van der Waals surface area contributed by atoms with Crippen LogP contribution in [0.1, 0.15) is 78.1 Å². The number of nitrogens with zero attached hydrogens (tertiary/aromatic N) is 1. The Kier molecular flexibility index (Phi) is 8.40. The van der Waals surface area contributed by atoms with Crippen LogP contribution in [-0.2, 0) is 9.59 Å². The molecule has 0 heterocycles. The number of rotatable bonds is 7. The van der Waals surface area contributed by atoms with Crippen molar-refractivity contribution >= 4 is 11.9 Å². The highest BCUT2D eigenvalue weighted by molar-refractivity contribution is 5.79. The van der Waals surface area contributed by atoms with Crippen LogP contribution in [0, 0.1) is 5.92 Å². The molecule has 1 aliphatic rings. The van der Waals surface area contributed by atoms with E-state index in [-0.39, 0.29) is 24.3 Å². The standard InChI is InChI=1S/C17H31NO3/c1-3-14(4-2)17(21)18(13-12-16(19)20)15-10-8-6-5-7-9-11-15/h14-15H,3-13H2,1-2H3,(H,19,20). The van der Waals surface area contributed by atoms with E-state index < -0.39 is 5.97 Å². The fourth-order valence-electron chi connectivity index (χ4n) is 3.31. The highest BCUT2D eigenvalue weighted by Crippen LogP contribution is 2.24. The Labute approximate surface area is 128 Å².